The maximum Gasteiger partial charge on any atom is 0.338 e. The largest absolute Gasteiger partial charge is 0.465 e. The fraction of sp³-hybridized carbons (Fsp3) is 0.154. The van der Waals surface area contributed by atoms with Gasteiger partial charge in [0.05, 0.1) is 25.1 Å². The van der Waals surface area contributed by atoms with E-state index in [9.17, 15) is 4.79 Å². The second-order valence-electron chi connectivity index (χ2n) is 3.57. The second kappa shape index (κ2) is 5.21. The molecule has 0 atom stereocenters. The van der Waals surface area contributed by atoms with Gasteiger partial charge in [0.1, 0.15) is 0 Å². The molecule has 0 N–H and O–H groups in total. The summed E-state index contributed by atoms with van der Waals surface area (Å²) in [5, 5.41) is 0. The zero-order valence-corrected chi connectivity index (χ0v) is 9.54. The highest BCUT2D eigenvalue weighted by atomic mass is 16.5. The average molecular weight is 229 g/mol. The first kappa shape index (κ1) is 11.3. The number of esters is 1. The lowest BCUT2D eigenvalue weighted by Crippen LogP contribution is -2.34. The molecule has 0 amide bonds. The molecule has 1 heterocycles. The molecule has 86 valence electrons. The number of aromatic nitrogens is 2. The molecule has 0 unspecified atom stereocenters. The van der Waals surface area contributed by atoms with E-state index in [2.05, 4.69) is 4.98 Å². The minimum Gasteiger partial charge on any atom is -0.465 e. The molecule has 0 radical (unpaired) electrons. The third-order valence-electron chi connectivity index (χ3n) is 2.46. The predicted molar refractivity (Wildman–Crippen MR) is 61.3 cm³/mol. The Morgan fingerprint density at radius 1 is 1.29 bits per heavy atom. The molecule has 0 aliphatic heterocycles. The van der Waals surface area contributed by atoms with Crippen molar-refractivity contribution >= 4 is 5.97 Å². The lowest BCUT2D eigenvalue weighted by atomic mass is 10.1. The van der Waals surface area contributed by atoms with Gasteiger partial charge in [0.25, 0.3) is 0 Å². The molecular formula is C13H13N2O2+. The number of rotatable bonds is 3. The van der Waals surface area contributed by atoms with Gasteiger partial charge < -0.3 is 4.74 Å². The Kier molecular flexibility index (Phi) is 3.45. The fourth-order valence-electron chi connectivity index (χ4n) is 1.62. The summed E-state index contributed by atoms with van der Waals surface area (Å²) in [5.74, 6) is -0.310. The van der Waals surface area contributed by atoms with Gasteiger partial charge in [-0.15, -0.1) is 0 Å². The van der Waals surface area contributed by atoms with Gasteiger partial charge >= 0.3 is 5.97 Å². The van der Waals surface area contributed by atoms with E-state index in [0.29, 0.717) is 12.1 Å². The SMILES string of the molecule is COC(=O)c1ccccc1C[n+]1ccncc1. The van der Waals surface area contributed by atoms with Crippen LogP contribution in [0.25, 0.3) is 0 Å². The van der Waals surface area contributed by atoms with Crippen LogP contribution in [0.1, 0.15) is 15.9 Å². The van der Waals surface area contributed by atoms with Crippen LogP contribution in [0.5, 0.6) is 0 Å². The normalized spacial score (nSPS) is 9.94. The number of hydrogen-bond donors (Lipinski definition) is 0. The van der Waals surface area contributed by atoms with Gasteiger partial charge in [0.2, 0.25) is 0 Å². The zero-order valence-electron chi connectivity index (χ0n) is 9.54. The minimum atomic E-state index is -0.310. The number of benzene rings is 1. The first-order valence-electron chi connectivity index (χ1n) is 5.26. The average Bonchev–Trinajstić information content (AvgIpc) is 2.40. The molecule has 0 spiro atoms. The number of hydrogen-bond acceptors (Lipinski definition) is 3. The van der Waals surface area contributed by atoms with Crippen molar-refractivity contribution < 1.29 is 14.1 Å². The molecule has 4 nitrogen and oxygen atoms in total. The number of methoxy groups -OCH3 is 1. The second-order valence-corrected chi connectivity index (χ2v) is 3.57. The lowest BCUT2D eigenvalue weighted by Gasteiger charge is -2.04. The van der Waals surface area contributed by atoms with Gasteiger partial charge in [0.15, 0.2) is 18.9 Å². The van der Waals surface area contributed by atoms with Crippen molar-refractivity contribution in [2.24, 2.45) is 0 Å². The fourth-order valence-corrected chi connectivity index (χ4v) is 1.62. The molecule has 0 saturated heterocycles. The Balaban J connectivity index is 2.30. The Morgan fingerprint density at radius 2 is 2.00 bits per heavy atom. The number of nitrogens with zero attached hydrogens (tertiary/aromatic N) is 2. The van der Waals surface area contributed by atoms with Crippen LogP contribution >= 0.6 is 0 Å². The molecule has 0 aliphatic carbocycles. The molecule has 2 aromatic rings. The quantitative estimate of drug-likeness (QED) is 0.587. The van der Waals surface area contributed by atoms with Crippen LogP contribution in [-0.4, -0.2) is 18.1 Å². The van der Waals surface area contributed by atoms with Gasteiger partial charge in [-0.3, -0.25) is 4.98 Å². The molecule has 0 fully saturated rings. The molecule has 1 aromatic heterocycles. The monoisotopic (exact) mass is 229 g/mol. The lowest BCUT2D eigenvalue weighted by molar-refractivity contribution is -0.688. The van der Waals surface area contributed by atoms with E-state index in [0.717, 1.165) is 5.56 Å². The standard InChI is InChI=1S/C13H13N2O2/c1-17-13(16)12-5-3-2-4-11(12)10-15-8-6-14-7-9-15/h2-9H,10H2,1H3/q+1. The Bertz CT molecular complexity index is 512. The van der Waals surface area contributed by atoms with Crippen LogP contribution in [0.4, 0.5) is 0 Å². The number of ether oxygens (including phenoxy) is 1. The highest BCUT2D eigenvalue weighted by molar-refractivity contribution is 5.90. The third-order valence-corrected chi connectivity index (χ3v) is 2.46. The van der Waals surface area contributed by atoms with E-state index < -0.39 is 0 Å². The maximum absolute atomic E-state index is 11.6. The molecule has 17 heavy (non-hydrogen) atoms. The summed E-state index contributed by atoms with van der Waals surface area (Å²) in [5.41, 5.74) is 1.52. The predicted octanol–water partition coefficient (Wildman–Crippen LogP) is 1.20. The zero-order chi connectivity index (χ0) is 12.1. The number of carbonyl (C=O) groups excluding carboxylic acids is 1. The summed E-state index contributed by atoms with van der Waals surface area (Å²) in [6.07, 6.45) is 7.13. The third kappa shape index (κ3) is 2.66. The highest BCUT2D eigenvalue weighted by Gasteiger charge is 2.13. The van der Waals surface area contributed by atoms with Crippen molar-refractivity contribution in [3.05, 3.63) is 60.2 Å². The van der Waals surface area contributed by atoms with E-state index in [1.54, 1.807) is 18.5 Å². The van der Waals surface area contributed by atoms with Crippen molar-refractivity contribution in [1.29, 1.82) is 0 Å². The molecule has 4 heteroatoms. The van der Waals surface area contributed by atoms with Crippen molar-refractivity contribution in [3.63, 3.8) is 0 Å². The smallest absolute Gasteiger partial charge is 0.338 e. The topological polar surface area (TPSA) is 43.1 Å². The molecular weight excluding hydrogens is 216 g/mol. The van der Waals surface area contributed by atoms with Gasteiger partial charge in [-0.1, -0.05) is 18.2 Å². The molecule has 0 bridgehead atoms. The Hall–Kier alpha value is -2.23. The van der Waals surface area contributed by atoms with Crippen LogP contribution in [0.3, 0.4) is 0 Å². The van der Waals surface area contributed by atoms with E-state index in [4.69, 9.17) is 4.74 Å². The van der Waals surface area contributed by atoms with E-state index in [1.807, 2.05) is 35.2 Å². The van der Waals surface area contributed by atoms with Crippen molar-refractivity contribution in [2.75, 3.05) is 7.11 Å². The van der Waals surface area contributed by atoms with E-state index in [1.165, 1.54) is 7.11 Å². The summed E-state index contributed by atoms with van der Waals surface area (Å²) in [4.78, 5) is 15.5. The van der Waals surface area contributed by atoms with Gasteiger partial charge in [-0.2, -0.15) is 4.57 Å². The molecule has 0 aliphatic rings. The van der Waals surface area contributed by atoms with E-state index in [-0.39, 0.29) is 5.97 Å². The van der Waals surface area contributed by atoms with Gasteiger partial charge in [-0.05, 0) is 6.07 Å². The minimum absolute atomic E-state index is 0.310. The first-order valence-corrected chi connectivity index (χ1v) is 5.26. The van der Waals surface area contributed by atoms with Crippen LogP contribution in [0.2, 0.25) is 0 Å². The Labute approximate surface area is 99.5 Å². The summed E-state index contributed by atoms with van der Waals surface area (Å²) < 4.78 is 6.71. The maximum atomic E-state index is 11.6. The first-order chi connectivity index (χ1) is 8.31. The van der Waals surface area contributed by atoms with Crippen LogP contribution < -0.4 is 4.57 Å². The molecule has 1 aromatic carbocycles. The molecule has 0 saturated carbocycles. The van der Waals surface area contributed by atoms with Crippen LogP contribution in [0.15, 0.2) is 49.1 Å². The van der Waals surface area contributed by atoms with Crippen LogP contribution in [0, 0.1) is 0 Å². The van der Waals surface area contributed by atoms with Gasteiger partial charge in [0, 0.05) is 5.56 Å². The van der Waals surface area contributed by atoms with Crippen molar-refractivity contribution in [2.45, 2.75) is 6.54 Å². The number of carbonyl (C=O) groups is 1. The van der Waals surface area contributed by atoms with Crippen molar-refractivity contribution in [3.8, 4) is 0 Å². The summed E-state index contributed by atoms with van der Waals surface area (Å²) in [6, 6.07) is 7.42. The summed E-state index contributed by atoms with van der Waals surface area (Å²) in [7, 11) is 1.39. The Morgan fingerprint density at radius 3 is 2.71 bits per heavy atom. The van der Waals surface area contributed by atoms with E-state index >= 15 is 0 Å². The summed E-state index contributed by atoms with van der Waals surface area (Å²) >= 11 is 0. The molecule has 2 rings (SSSR count). The van der Waals surface area contributed by atoms with Crippen molar-refractivity contribution in [1.82, 2.24) is 4.98 Å². The van der Waals surface area contributed by atoms with Gasteiger partial charge in [-0.25, -0.2) is 4.79 Å². The highest BCUT2D eigenvalue weighted by Crippen LogP contribution is 2.09. The summed E-state index contributed by atoms with van der Waals surface area (Å²) in [6.45, 7) is 0.619. The van der Waals surface area contributed by atoms with Crippen LogP contribution in [-0.2, 0) is 11.3 Å².